The van der Waals surface area contributed by atoms with Crippen LogP contribution in [-0.2, 0) is 0 Å². The minimum Gasteiger partial charge on any atom is -0.271 e. The number of hydrogen-bond donors (Lipinski definition) is 0. The minimum atomic E-state index is 0.179. The lowest BCUT2D eigenvalue weighted by Gasteiger charge is -2.04. The molecule has 82 valence electrons. The molecular weight excluding hydrogens is 172 g/mol. The highest BCUT2D eigenvalue weighted by molar-refractivity contribution is 5.59. The Morgan fingerprint density at radius 1 is 0.857 bits per heavy atom. The predicted molar refractivity (Wildman–Crippen MR) is 65.5 cm³/mol. The predicted octanol–water partition coefficient (Wildman–Crippen LogP) is 3.85. The number of rotatable bonds is 8. The molecule has 0 N–H and O–H groups in total. The number of unbranched alkanes of at least 4 members (excludes halogenated alkanes) is 2. The number of hydrogen-bond acceptors (Lipinski definition) is 2. The summed E-state index contributed by atoms with van der Waals surface area (Å²) in [5.74, 6) is 0. The Balaban J connectivity index is 3.87. The van der Waals surface area contributed by atoms with E-state index in [9.17, 15) is 0 Å². The van der Waals surface area contributed by atoms with E-state index in [4.69, 9.17) is 0 Å². The standard InChI is InChI=1S/C12H24N2/c1-4-7-10-13-12(9-6-3)14-11-8-5-2/h10-12H,4-9H2,1-3H3. The van der Waals surface area contributed by atoms with Crippen LogP contribution < -0.4 is 0 Å². The molecule has 0 aliphatic carbocycles. The van der Waals surface area contributed by atoms with Gasteiger partial charge >= 0.3 is 0 Å². The van der Waals surface area contributed by atoms with Crippen molar-refractivity contribution in [3.8, 4) is 0 Å². The van der Waals surface area contributed by atoms with Gasteiger partial charge in [-0.25, -0.2) is 0 Å². The van der Waals surface area contributed by atoms with Gasteiger partial charge in [0.05, 0.1) is 0 Å². The fourth-order valence-corrected chi connectivity index (χ4v) is 1.10. The van der Waals surface area contributed by atoms with Crippen LogP contribution in [0.5, 0.6) is 0 Å². The van der Waals surface area contributed by atoms with Crippen molar-refractivity contribution in [2.24, 2.45) is 9.98 Å². The summed E-state index contributed by atoms with van der Waals surface area (Å²) in [7, 11) is 0. The van der Waals surface area contributed by atoms with Crippen molar-refractivity contribution >= 4 is 12.4 Å². The molecule has 0 rings (SSSR count). The fraction of sp³-hybridized carbons (Fsp3) is 0.833. The quantitative estimate of drug-likeness (QED) is 0.527. The zero-order chi connectivity index (χ0) is 10.6. The summed E-state index contributed by atoms with van der Waals surface area (Å²) in [5, 5.41) is 0. The van der Waals surface area contributed by atoms with E-state index in [1.54, 1.807) is 0 Å². The van der Waals surface area contributed by atoms with Crippen molar-refractivity contribution < 1.29 is 0 Å². The lowest BCUT2D eigenvalue weighted by Crippen LogP contribution is -2.00. The largest absolute Gasteiger partial charge is 0.271 e. The molecule has 0 aliphatic rings. The van der Waals surface area contributed by atoms with E-state index in [0.29, 0.717) is 0 Å². The van der Waals surface area contributed by atoms with Crippen LogP contribution in [0.15, 0.2) is 9.98 Å². The average Bonchev–Trinajstić information content (AvgIpc) is 2.18. The van der Waals surface area contributed by atoms with E-state index in [-0.39, 0.29) is 6.17 Å². The first-order valence-electron chi connectivity index (χ1n) is 5.88. The van der Waals surface area contributed by atoms with Gasteiger partial charge in [-0.2, -0.15) is 0 Å². The Hall–Kier alpha value is -0.660. The van der Waals surface area contributed by atoms with Crippen molar-refractivity contribution in [2.75, 3.05) is 0 Å². The molecule has 14 heavy (non-hydrogen) atoms. The average molecular weight is 196 g/mol. The Bertz CT molecular complexity index is 146. The molecule has 0 aromatic rings. The second kappa shape index (κ2) is 10.4. The third kappa shape index (κ3) is 7.96. The first kappa shape index (κ1) is 13.3. The van der Waals surface area contributed by atoms with Crippen LogP contribution in [0.4, 0.5) is 0 Å². The highest BCUT2D eigenvalue weighted by Gasteiger charge is 1.98. The van der Waals surface area contributed by atoms with E-state index in [0.717, 1.165) is 25.7 Å². The molecule has 0 aliphatic heterocycles. The molecule has 2 nitrogen and oxygen atoms in total. The van der Waals surface area contributed by atoms with Gasteiger partial charge in [0.1, 0.15) is 6.17 Å². The lowest BCUT2D eigenvalue weighted by molar-refractivity contribution is 0.633. The molecule has 0 amide bonds. The van der Waals surface area contributed by atoms with E-state index in [1.165, 1.54) is 12.8 Å². The van der Waals surface area contributed by atoms with Gasteiger partial charge in [0.25, 0.3) is 0 Å². The smallest absolute Gasteiger partial charge is 0.138 e. The zero-order valence-electron chi connectivity index (χ0n) is 9.87. The summed E-state index contributed by atoms with van der Waals surface area (Å²) < 4.78 is 0. The van der Waals surface area contributed by atoms with E-state index >= 15 is 0 Å². The first-order chi connectivity index (χ1) is 6.85. The van der Waals surface area contributed by atoms with Gasteiger partial charge in [0.2, 0.25) is 0 Å². The Morgan fingerprint density at radius 2 is 1.36 bits per heavy atom. The van der Waals surface area contributed by atoms with E-state index < -0.39 is 0 Å². The third-order valence-corrected chi connectivity index (χ3v) is 1.94. The first-order valence-corrected chi connectivity index (χ1v) is 5.88. The molecule has 0 unspecified atom stereocenters. The molecule has 0 radical (unpaired) electrons. The van der Waals surface area contributed by atoms with Crippen LogP contribution >= 0.6 is 0 Å². The van der Waals surface area contributed by atoms with Gasteiger partial charge in [-0.15, -0.1) is 0 Å². The number of aliphatic imine (C=N–C) groups is 2. The minimum absolute atomic E-state index is 0.179. The second-order valence-corrected chi connectivity index (χ2v) is 3.51. The van der Waals surface area contributed by atoms with Crippen molar-refractivity contribution in [1.29, 1.82) is 0 Å². The molecule has 0 aromatic heterocycles. The van der Waals surface area contributed by atoms with Crippen LogP contribution in [-0.4, -0.2) is 18.6 Å². The van der Waals surface area contributed by atoms with Gasteiger partial charge in [0, 0.05) is 12.4 Å². The molecule has 0 bridgehead atoms. The Kier molecular flexibility index (Phi) is 9.93. The van der Waals surface area contributed by atoms with Crippen molar-refractivity contribution in [3.63, 3.8) is 0 Å². The maximum Gasteiger partial charge on any atom is 0.138 e. The summed E-state index contributed by atoms with van der Waals surface area (Å²) >= 11 is 0. The van der Waals surface area contributed by atoms with Gasteiger partial charge < -0.3 is 0 Å². The molecule has 0 atom stereocenters. The monoisotopic (exact) mass is 196 g/mol. The zero-order valence-corrected chi connectivity index (χ0v) is 9.87. The maximum atomic E-state index is 4.45. The topological polar surface area (TPSA) is 24.7 Å². The molecule has 0 spiro atoms. The highest BCUT2D eigenvalue weighted by Crippen LogP contribution is 2.03. The highest BCUT2D eigenvalue weighted by atomic mass is 15.0. The molecule has 0 heterocycles. The molecule has 0 aromatic carbocycles. The summed E-state index contributed by atoms with van der Waals surface area (Å²) in [5.41, 5.74) is 0. The van der Waals surface area contributed by atoms with Crippen LogP contribution in [0.25, 0.3) is 0 Å². The van der Waals surface area contributed by atoms with Crippen LogP contribution in [0.2, 0.25) is 0 Å². The van der Waals surface area contributed by atoms with Gasteiger partial charge in [-0.3, -0.25) is 9.98 Å². The summed E-state index contributed by atoms with van der Waals surface area (Å²) in [6.07, 6.45) is 10.9. The fourth-order valence-electron chi connectivity index (χ4n) is 1.10. The normalized spacial score (nSPS) is 14.2. The molecule has 0 fully saturated rings. The van der Waals surface area contributed by atoms with E-state index in [2.05, 4.69) is 30.8 Å². The number of nitrogens with zero attached hydrogens (tertiary/aromatic N) is 2. The Morgan fingerprint density at radius 3 is 1.71 bits per heavy atom. The Labute approximate surface area is 88.5 Å². The molecule has 0 saturated heterocycles. The van der Waals surface area contributed by atoms with Gasteiger partial charge in [-0.05, 0) is 19.3 Å². The SMILES string of the molecule is CCCC=NC(CCC)N=CCCC. The van der Waals surface area contributed by atoms with Crippen molar-refractivity contribution in [1.82, 2.24) is 0 Å². The molecule has 2 heteroatoms. The molecule has 0 saturated carbocycles. The van der Waals surface area contributed by atoms with E-state index in [1.807, 2.05) is 12.4 Å². The lowest BCUT2D eigenvalue weighted by atomic mass is 10.3. The maximum absolute atomic E-state index is 4.45. The summed E-state index contributed by atoms with van der Waals surface area (Å²) in [6.45, 7) is 6.51. The van der Waals surface area contributed by atoms with Crippen LogP contribution in [0, 0.1) is 0 Å². The van der Waals surface area contributed by atoms with Gasteiger partial charge in [-0.1, -0.05) is 40.0 Å². The van der Waals surface area contributed by atoms with Crippen LogP contribution in [0.1, 0.15) is 59.3 Å². The van der Waals surface area contributed by atoms with Gasteiger partial charge in [0.15, 0.2) is 0 Å². The van der Waals surface area contributed by atoms with Crippen molar-refractivity contribution in [3.05, 3.63) is 0 Å². The van der Waals surface area contributed by atoms with Crippen molar-refractivity contribution in [2.45, 2.75) is 65.5 Å². The molecular formula is C12H24N2. The van der Waals surface area contributed by atoms with Crippen LogP contribution in [0.3, 0.4) is 0 Å². The summed E-state index contributed by atoms with van der Waals surface area (Å²) in [6, 6.07) is 0. The third-order valence-electron chi connectivity index (χ3n) is 1.94. The second-order valence-electron chi connectivity index (χ2n) is 3.51. The summed E-state index contributed by atoms with van der Waals surface area (Å²) in [4.78, 5) is 8.90.